The van der Waals surface area contributed by atoms with E-state index >= 15 is 0 Å². The lowest BCUT2D eigenvalue weighted by Crippen LogP contribution is -2.27. The molecule has 0 saturated heterocycles. The molecule has 0 bridgehead atoms. The Morgan fingerprint density at radius 3 is 2.54 bits per heavy atom. The molecule has 0 aliphatic rings. The highest BCUT2D eigenvalue weighted by Gasteiger charge is 2.11. The van der Waals surface area contributed by atoms with Gasteiger partial charge in [-0.05, 0) is 42.3 Å². The Kier molecular flexibility index (Phi) is 4.65. The van der Waals surface area contributed by atoms with Gasteiger partial charge in [0.25, 0.3) is 0 Å². The Morgan fingerprint density at radius 2 is 1.83 bits per heavy atom. The Morgan fingerprint density at radius 1 is 1.08 bits per heavy atom. The number of fused-ring (bicyclic) bond motifs is 1. The van der Waals surface area contributed by atoms with Gasteiger partial charge in [-0.15, -0.1) is 0 Å². The van der Waals surface area contributed by atoms with Crippen LogP contribution in [0, 0.1) is 13.8 Å². The van der Waals surface area contributed by atoms with E-state index in [0.717, 1.165) is 17.0 Å². The Balaban J connectivity index is 1.61. The van der Waals surface area contributed by atoms with E-state index in [1.54, 1.807) is 4.90 Å². The molecule has 0 aliphatic carbocycles. The van der Waals surface area contributed by atoms with Crippen LogP contribution in [0.2, 0.25) is 0 Å². The van der Waals surface area contributed by atoms with Gasteiger partial charge in [-0.1, -0.05) is 36.4 Å². The van der Waals surface area contributed by atoms with Gasteiger partial charge in [-0.3, -0.25) is 9.48 Å². The lowest BCUT2D eigenvalue weighted by atomic mass is 10.1. The molecule has 1 heterocycles. The van der Waals surface area contributed by atoms with Crippen LogP contribution in [-0.2, 0) is 17.9 Å². The quantitative estimate of drug-likeness (QED) is 0.718. The SMILES string of the molecule is Cc1cc(C)n(CCC(=O)N(C)Cc2ccc3ccccc3c2)n1. The molecule has 2 aromatic carbocycles. The van der Waals surface area contributed by atoms with Crippen molar-refractivity contribution in [2.75, 3.05) is 7.05 Å². The van der Waals surface area contributed by atoms with Gasteiger partial charge >= 0.3 is 0 Å². The number of carbonyl (C=O) groups excluding carboxylic acids is 1. The Hall–Kier alpha value is -2.62. The summed E-state index contributed by atoms with van der Waals surface area (Å²) in [4.78, 5) is 14.2. The zero-order chi connectivity index (χ0) is 17.1. The number of carbonyl (C=O) groups is 1. The number of aromatic nitrogens is 2. The first-order valence-electron chi connectivity index (χ1n) is 8.25. The molecule has 3 rings (SSSR count). The van der Waals surface area contributed by atoms with Gasteiger partial charge in [0, 0.05) is 32.3 Å². The van der Waals surface area contributed by atoms with Gasteiger partial charge in [0.05, 0.1) is 5.69 Å². The molecule has 1 aromatic heterocycles. The van der Waals surface area contributed by atoms with Crippen molar-refractivity contribution in [3.05, 3.63) is 65.5 Å². The molecule has 0 unspecified atom stereocenters. The van der Waals surface area contributed by atoms with Crippen LogP contribution in [0.25, 0.3) is 10.8 Å². The van der Waals surface area contributed by atoms with Crippen molar-refractivity contribution in [1.29, 1.82) is 0 Å². The van der Waals surface area contributed by atoms with Gasteiger partial charge < -0.3 is 4.90 Å². The van der Waals surface area contributed by atoms with E-state index in [1.807, 2.05) is 43.8 Å². The smallest absolute Gasteiger partial charge is 0.224 e. The summed E-state index contributed by atoms with van der Waals surface area (Å²) in [7, 11) is 1.86. The van der Waals surface area contributed by atoms with E-state index in [2.05, 4.69) is 35.4 Å². The molecule has 0 spiro atoms. The summed E-state index contributed by atoms with van der Waals surface area (Å²) in [6.07, 6.45) is 0.464. The number of amides is 1. The van der Waals surface area contributed by atoms with Crippen molar-refractivity contribution in [3.8, 4) is 0 Å². The van der Waals surface area contributed by atoms with Gasteiger partial charge in [0.2, 0.25) is 5.91 Å². The van der Waals surface area contributed by atoms with Crippen molar-refractivity contribution >= 4 is 16.7 Å². The first-order chi connectivity index (χ1) is 11.5. The third-order valence-electron chi connectivity index (χ3n) is 4.30. The topological polar surface area (TPSA) is 38.1 Å². The van der Waals surface area contributed by atoms with Crippen LogP contribution >= 0.6 is 0 Å². The molecule has 4 nitrogen and oxygen atoms in total. The fourth-order valence-corrected chi connectivity index (χ4v) is 2.99. The summed E-state index contributed by atoms with van der Waals surface area (Å²) < 4.78 is 1.90. The van der Waals surface area contributed by atoms with E-state index in [1.165, 1.54) is 10.8 Å². The van der Waals surface area contributed by atoms with Crippen LogP contribution in [0.1, 0.15) is 23.4 Å². The maximum absolute atomic E-state index is 12.4. The normalized spacial score (nSPS) is 11.0. The third-order valence-corrected chi connectivity index (χ3v) is 4.30. The zero-order valence-corrected chi connectivity index (χ0v) is 14.5. The molecule has 4 heteroatoms. The van der Waals surface area contributed by atoms with Crippen LogP contribution in [0.3, 0.4) is 0 Å². The summed E-state index contributed by atoms with van der Waals surface area (Å²) in [5, 5.41) is 6.83. The van der Waals surface area contributed by atoms with Crippen LogP contribution in [0.5, 0.6) is 0 Å². The molecular formula is C20H23N3O. The molecule has 0 atom stereocenters. The van der Waals surface area contributed by atoms with E-state index in [9.17, 15) is 4.79 Å². The van der Waals surface area contributed by atoms with Crippen LogP contribution in [-0.4, -0.2) is 27.6 Å². The van der Waals surface area contributed by atoms with Crippen LogP contribution in [0.15, 0.2) is 48.5 Å². The molecule has 1 amide bonds. The van der Waals surface area contributed by atoms with Crippen molar-refractivity contribution < 1.29 is 4.79 Å². The van der Waals surface area contributed by atoms with E-state index in [0.29, 0.717) is 19.5 Å². The molecule has 124 valence electrons. The molecular weight excluding hydrogens is 298 g/mol. The maximum atomic E-state index is 12.4. The minimum absolute atomic E-state index is 0.135. The summed E-state index contributed by atoms with van der Waals surface area (Å²) in [6.45, 7) is 5.24. The van der Waals surface area contributed by atoms with Crippen LogP contribution in [0.4, 0.5) is 0 Å². The van der Waals surface area contributed by atoms with Crippen molar-refractivity contribution in [2.45, 2.75) is 33.4 Å². The van der Waals surface area contributed by atoms with Gasteiger partial charge in [0.15, 0.2) is 0 Å². The van der Waals surface area contributed by atoms with Crippen molar-refractivity contribution in [3.63, 3.8) is 0 Å². The number of benzene rings is 2. The Labute approximate surface area is 142 Å². The zero-order valence-electron chi connectivity index (χ0n) is 14.5. The number of hydrogen-bond acceptors (Lipinski definition) is 2. The summed E-state index contributed by atoms with van der Waals surface area (Å²) in [5.41, 5.74) is 3.23. The van der Waals surface area contributed by atoms with E-state index < -0.39 is 0 Å². The fourth-order valence-electron chi connectivity index (χ4n) is 2.99. The van der Waals surface area contributed by atoms with Crippen LogP contribution < -0.4 is 0 Å². The van der Waals surface area contributed by atoms with Gasteiger partial charge in [-0.2, -0.15) is 5.10 Å². The molecule has 24 heavy (non-hydrogen) atoms. The second-order valence-electron chi connectivity index (χ2n) is 6.33. The lowest BCUT2D eigenvalue weighted by molar-refractivity contribution is -0.130. The molecule has 0 fully saturated rings. The second-order valence-corrected chi connectivity index (χ2v) is 6.33. The molecule has 0 radical (unpaired) electrons. The van der Waals surface area contributed by atoms with E-state index in [-0.39, 0.29) is 5.91 Å². The largest absolute Gasteiger partial charge is 0.341 e. The minimum atomic E-state index is 0.135. The number of nitrogens with zero attached hydrogens (tertiary/aromatic N) is 3. The number of hydrogen-bond donors (Lipinski definition) is 0. The number of rotatable bonds is 5. The Bertz CT molecular complexity index is 866. The summed E-state index contributed by atoms with van der Waals surface area (Å²) in [5.74, 6) is 0.135. The number of aryl methyl sites for hydroxylation is 3. The highest BCUT2D eigenvalue weighted by Crippen LogP contribution is 2.17. The monoisotopic (exact) mass is 321 g/mol. The summed E-state index contributed by atoms with van der Waals surface area (Å²) in [6, 6.07) is 16.7. The highest BCUT2D eigenvalue weighted by atomic mass is 16.2. The highest BCUT2D eigenvalue weighted by molar-refractivity contribution is 5.83. The molecule has 3 aromatic rings. The van der Waals surface area contributed by atoms with Crippen molar-refractivity contribution in [1.82, 2.24) is 14.7 Å². The summed E-state index contributed by atoms with van der Waals surface area (Å²) >= 11 is 0. The first-order valence-corrected chi connectivity index (χ1v) is 8.25. The minimum Gasteiger partial charge on any atom is -0.341 e. The standard InChI is InChI=1S/C20H23N3O/c1-15-12-16(2)23(21-15)11-10-20(24)22(3)14-17-8-9-18-6-4-5-7-19(18)13-17/h4-9,12-13H,10-11,14H2,1-3H3. The second kappa shape index (κ2) is 6.87. The van der Waals surface area contributed by atoms with Gasteiger partial charge in [-0.25, -0.2) is 0 Å². The maximum Gasteiger partial charge on any atom is 0.224 e. The van der Waals surface area contributed by atoms with Gasteiger partial charge in [0.1, 0.15) is 0 Å². The lowest BCUT2D eigenvalue weighted by Gasteiger charge is -2.18. The molecule has 0 aliphatic heterocycles. The molecule has 0 saturated carbocycles. The molecule has 0 N–H and O–H groups in total. The van der Waals surface area contributed by atoms with Crippen molar-refractivity contribution in [2.24, 2.45) is 0 Å². The average molecular weight is 321 g/mol. The third kappa shape index (κ3) is 3.65. The predicted octanol–water partition coefficient (Wildman–Crippen LogP) is 3.70. The van der Waals surface area contributed by atoms with E-state index in [4.69, 9.17) is 0 Å². The fraction of sp³-hybridized carbons (Fsp3) is 0.300. The predicted molar refractivity (Wildman–Crippen MR) is 96.7 cm³/mol. The first kappa shape index (κ1) is 16.2. The average Bonchev–Trinajstić information content (AvgIpc) is 2.90.